The second-order valence-corrected chi connectivity index (χ2v) is 8.27. The Balaban J connectivity index is 1.68. The van der Waals surface area contributed by atoms with E-state index in [2.05, 4.69) is 10.1 Å². The number of amides is 1. The van der Waals surface area contributed by atoms with E-state index >= 15 is 0 Å². The lowest BCUT2D eigenvalue weighted by atomic mass is 10.1. The molecule has 0 aliphatic rings. The summed E-state index contributed by atoms with van der Waals surface area (Å²) in [4.78, 5) is 42.8. The van der Waals surface area contributed by atoms with Crippen LogP contribution in [0.3, 0.4) is 0 Å². The Morgan fingerprint density at radius 1 is 1.03 bits per heavy atom. The van der Waals surface area contributed by atoms with Crippen molar-refractivity contribution in [2.45, 2.75) is 19.5 Å². The zero-order valence-corrected chi connectivity index (χ0v) is 20.0. The Bertz CT molecular complexity index is 1410. The van der Waals surface area contributed by atoms with Gasteiger partial charge in [-0.1, -0.05) is 42.5 Å². The first-order valence-corrected chi connectivity index (χ1v) is 11.5. The molecule has 2 aromatic carbocycles. The number of carbonyl (C=O) groups is 1. The largest absolute Gasteiger partial charge is 0.385 e. The van der Waals surface area contributed by atoms with Gasteiger partial charge in [0.25, 0.3) is 11.5 Å². The number of aromatic nitrogens is 4. The Hall–Kier alpha value is -4.44. The van der Waals surface area contributed by atoms with E-state index in [0.717, 1.165) is 11.1 Å². The number of hydrogen-bond acceptors (Lipinski definition) is 6. The molecule has 0 fully saturated rings. The van der Waals surface area contributed by atoms with Crippen LogP contribution in [0.2, 0.25) is 0 Å². The molecule has 10 nitrogen and oxygen atoms in total. The summed E-state index contributed by atoms with van der Waals surface area (Å²) < 4.78 is 8.18. The minimum Gasteiger partial charge on any atom is -0.385 e. The first-order chi connectivity index (χ1) is 17.5. The van der Waals surface area contributed by atoms with E-state index in [1.54, 1.807) is 30.1 Å². The molecule has 36 heavy (non-hydrogen) atoms. The number of methoxy groups -OCH3 is 1. The van der Waals surface area contributed by atoms with Gasteiger partial charge in [0.05, 0.1) is 13.1 Å². The molecule has 3 N–H and O–H groups in total. The molecule has 4 aromatic rings. The maximum absolute atomic E-state index is 13.6. The van der Waals surface area contributed by atoms with Crippen molar-refractivity contribution in [3.8, 4) is 0 Å². The van der Waals surface area contributed by atoms with Crippen LogP contribution in [0.15, 0.2) is 82.6 Å². The Kier molecular flexibility index (Phi) is 7.76. The van der Waals surface area contributed by atoms with Gasteiger partial charge < -0.3 is 15.4 Å². The third-order valence-electron chi connectivity index (χ3n) is 5.75. The number of nitrogens with zero attached hydrogens (tertiary/aromatic N) is 4. The van der Waals surface area contributed by atoms with Crippen LogP contribution >= 0.6 is 0 Å². The molecule has 0 saturated carbocycles. The number of benzene rings is 2. The molecule has 0 aliphatic carbocycles. The Morgan fingerprint density at radius 3 is 2.42 bits per heavy atom. The van der Waals surface area contributed by atoms with Crippen LogP contribution in [-0.4, -0.2) is 45.5 Å². The van der Waals surface area contributed by atoms with Crippen molar-refractivity contribution in [1.29, 1.82) is 0 Å². The average molecular weight is 489 g/mol. The molecule has 0 saturated heterocycles. The predicted octanol–water partition coefficient (Wildman–Crippen LogP) is 2.10. The van der Waals surface area contributed by atoms with Gasteiger partial charge in [0.15, 0.2) is 5.69 Å². The van der Waals surface area contributed by atoms with Crippen LogP contribution < -0.4 is 21.9 Å². The number of ether oxygens (including phenoxy) is 1. The number of H-pyrrole nitrogens is 1. The number of nitrogen functional groups attached to an aromatic ring is 1. The van der Waals surface area contributed by atoms with Crippen molar-refractivity contribution in [2.75, 3.05) is 30.9 Å². The van der Waals surface area contributed by atoms with Crippen LogP contribution in [0, 0.1) is 0 Å². The topological polar surface area (TPSA) is 128 Å². The third kappa shape index (κ3) is 5.61. The number of anilines is 2. The molecule has 2 aromatic heterocycles. The summed E-state index contributed by atoms with van der Waals surface area (Å²) in [6, 6.07) is 18.2. The lowest BCUT2D eigenvalue weighted by molar-refractivity contribution is 0.0983. The molecule has 0 spiro atoms. The molecule has 10 heteroatoms. The Morgan fingerprint density at radius 2 is 1.75 bits per heavy atom. The summed E-state index contributed by atoms with van der Waals surface area (Å²) in [6.07, 6.45) is 4.03. The molecule has 0 aliphatic heterocycles. The fraction of sp³-hybridized carbons (Fsp3) is 0.231. The van der Waals surface area contributed by atoms with E-state index in [9.17, 15) is 14.4 Å². The highest BCUT2D eigenvalue weighted by atomic mass is 16.5. The first kappa shape index (κ1) is 24.7. The van der Waals surface area contributed by atoms with E-state index in [1.165, 1.54) is 9.47 Å². The molecule has 0 bridgehead atoms. The van der Waals surface area contributed by atoms with E-state index in [1.807, 2.05) is 54.7 Å². The number of aromatic amines is 1. The van der Waals surface area contributed by atoms with Crippen molar-refractivity contribution in [3.63, 3.8) is 0 Å². The summed E-state index contributed by atoms with van der Waals surface area (Å²) in [6.45, 7) is 1.28. The van der Waals surface area contributed by atoms with Crippen molar-refractivity contribution in [3.05, 3.63) is 111 Å². The normalized spacial score (nSPS) is 10.9. The molecule has 0 unspecified atom stereocenters. The van der Waals surface area contributed by atoms with Gasteiger partial charge in [0, 0.05) is 38.2 Å². The maximum Gasteiger partial charge on any atom is 0.330 e. The van der Waals surface area contributed by atoms with Crippen LogP contribution in [0.4, 0.5) is 11.5 Å². The summed E-state index contributed by atoms with van der Waals surface area (Å²) in [5.74, 6) is -0.479. The van der Waals surface area contributed by atoms with E-state index in [-0.39, 0.29) is 24.6 Å². The van der Waals surface area contributed by atoms with Crippen molar-refractivity contribution >= 4 is 17.4 Å². The molecule has 0 atom stereocenters. The third-order valence-corrected chi connectivity index (χ3v) is 5.75. The highest BCUT2D eigenvalue weighted by Crippen LogP contribution is 2.21. The van der Waals surface area contributed by atoms with Gasteiger partial charge in [-0.15, -0.1) is 0 Å². The van der Waals surface area contributed by atoms with Crippen LogP contribution in [-0.2, 0) is 17.8 Å². The average Bonchev–Trinajstić information content (AvgIpc) is 3.39. The molecule has 1 amide bonds. The number of hydrogen-bond donors (Lipinski definition) is 2. The van der Waals surface area contributed by atoms with Gasteiger partial charge in [-0.25, -0.2) is 4.79 Å². The van der Waals surface area contributed by atoms with E-state index in [0.29, 0.717) is 25.1 Å². The molecule has 2 heterocycles. The van der Waals surface area contributed by atoms with Gasteiger partial charge in [0.1, 0.15) is 5.82 Å². The second kappa shape index (κ2) is 11.3. The summed E-state index contributed by atoms with van der Waals surface area (Å²) >= 11 is 0. The number of carbonyl (C=O) groups excluding carboxylic acids is 1. The van der Waals surface area contributed by atoms with Crippen molar-refractivity contribution in [2.24, 2.45) is 0 Å². The number of rotatable bonds is 10. The molecular weight excluding hydrogens is 460 g/mol. The smallest absolute Gasteiger partial charge is 0.330 e. The van der Waals surface area contributed by atoms with Gasteiger partial charge in [0.2, 0.25) is 0 Å². The fourth-order valence-corrected chi connectivity index (χ4v) is 3.93. The van der Waals surface area contributed by atoms with Crippen LogP contribution in [0.5, 0.6) is 0 Å². The van der Waals surface area contributed by atoms with Crippen molar-refractivity contribution in [1.82, 2.24) is 19.3 Å². The van der Waals surface area contributed by atoms with Crippen LogP contribution in [0.1, 0.15) is 27.9 Å². The predicted molar refractivity (Wildman–Crippen MR) is 137 cm³/mol. The van der Waals surface area contributed by atoms with E-state index in [4.69, 9.17) is 10.5 Å². The van der Waals surface area contributed by atoms with Crippen LogP contribution in [0.25, 0.3) is 0 Å². The standard InChI is InChI=1S/C26H28N6O4/c1-36-16-6-15-31(25(34)21-11-9-20(10-12-21)17-30-14-5-13-28-30)22-23(27)32(26(35)29-24(22)33)18-19-7-3-2-4-8-19/h2-5,7-14H,6,15-18,27H2,1H3,(H,29,33,35). The van der Waals surface area contributed by atoms with Gasteiger partial charge >= 0.3 is 5.69 Å². The van der Waals surface area contributed by atoms with Gasteiger partial charge in [-0.3, -0.25) is 23.8 Å². The minimum absolute atomic E-state index is 0.0627. The number of nitrogens with one attached hydrogen (secondary N) is 1. The minimum atomic E-state index is -0.720. The zero-order chi connectivity index (χ0) is 25.5. The van der Waals surface area contributed by atoms with Gasteiger partial charge in [-0.2, -0.15) is 5.10 Å². The first-order valence-electron chi connectivity index (χ1n) is 11.5. The zero-order valence-electron chi connectivity index (χ0n) is 20.0. The summed E-state index contributed by atoms with van der Waals surface area (Å²) in [7, 11) is 1.56. The molecule has 4 rings (SSSR count). The highest BCUT2D eigenvalue weighted by Gasteiger charge is 2.25. The number of nitrogens with two attached hydrogens (primary N) is 1. The molecule has 0 radical (unpaired) electrons. The van der Waals surface area contributed by atoms with Gasteiger partial charge in [-0.05, 0) is 35.7 Å². The van der Waals surface area contributed by atoms with E-state index < -0.39 is 17.2 Å². The summed E-state index contributed by atoms with van der Waals surface area (Å²) in [5.41, 5.74) is 7.12. The lowest BCUT2D eigenvalue weighted by Gasteiger charge is -2.25. The highest BCUT2D eigenvalue weighted by molar-refractivity contribution is 6.07. The fourth-order valence-electron chi connectivity index (χ4n) is 3.93. The quantitative estimate of drug-likeness (QED) is 0.329. The monoisotopic (exact) mass is 488 g/mol. The summed E-state index contributed by atoms with van der Waals surface area (Å²) in [5, 5.41) is 4.19. The SMILES string of the molecule is COCCCN(C(=O)c1ccc(Cn2cccn2)cc1)c1c(N)n(Cc2ccccc2)c(=O)[nH]c1=O. The molecule has 186 valence electrons. The maximum atomic E-state index is 13.6. The second-order valence-electron chi connectivity index (χ2n) is 8.27. The van der Waals surface area contributed by atoms with Crippen molar-refractivity contribution < 1.29 is 9.53 Å². The Labute approximate surface area is 207 Å². The molecular formula is C26H28N6O4. The lowest BCUT2D eigenvalue weighted by Crippen LogP contribution is -2.42.